The fourth-order valence-corrected chi connectivity index (χ4v) is 0. The Bertz CT molecular complexity index is 219. The maximum atomic E-state index is 8.52. The van der Waals surface area contributed by atoms with Crippen LogP contribution in [0.25, 0.3) is 0 Å². The van der Waals surface area contributed by atoms with Crippen LogP contribution in [0.4, 0.5) is 0 Å². The molecule has 96 valence electrons. The molecule has 17 heteroatoms. The summed E-state index contributed by atoms with van der Waals surface area (Å²) >= 11 is 0. The fraction of sp³-hybridized carbons (Fsp3) is 0. The average molecular weight is 334 g/mol. The van der Waals surface area contributed by atoms with Gasteiger partial charge in [-0.3, -0.25) is 16.8 Å². The molecule has 0 aliphatic carbocycles. The van der Waals surface area contributed by atoms with Crippen molar-refractivity contribution in [2.45, 2.75) is 0 Å². The predicted octanol–water partition coefficient (Wildman–Crippen LogP) is -12.3. The summed E-state index contributed by atoms with van der Waals surface area (Å²) in [5.74, 6) is 0. The summed E-state index contributed by atoms with van der Waals surface area (Å²) in [6.07, 6.45) is 0. The molecule has 0 aliphatic rings. The van der Waals surface area contributed by atoms with E-state index < -0.39 is 20.8 Å². The smallest absolute Gasteiger partial charge is 0.759 e. The van der Waals surface area contributed by atoms with E-state index in [-0.39, 0.29) is 104 Å². The van der Waals surface area contributed by atoms with Crippen molar-refractivity contribution in [3.05, 3.63) is 0 Å². The van der Waals surface area contributed by atoms with Gasteiger partial charge in [-0.05, 0) is 0 Å². The predicted molar refractivity (Wildman–Crippen MR) is 41.2 cm³/mol. The third-order valence-electron chi connectivity index (χ3n) is 0. The molecule has 12 nitrogen and oxygen atoms in total. The van der Waals surface area contributed by atoms with Crippen molar-refractivity contribution in [3.8, 4) is 0 Å². The summed E-state index contributed by atoms with van der Waals surface area (Å²) in [7, 11) is -10.3. The molecule has 0 spiro atoms. The van der Waals surface area contributed by atoms with Gasteiger partial charge in [0.05, 0.1) is 0 Å². The van der Waals surface area contributed by atoms with Crippen molar-refractivity contribution in [2.75, 3.05) is 0 Å². The van der Waals surface area contributed by atoms with Gasteiger partial charge < -0.3 is 40.1 Å². The zero-order valence-corrected chi connectivity index (χ0v) is 15.8. The number of rotatable bonds is 0. The largest absolute Gasteiger partial charge is 2.00 e. The van der Waals surface area contributed by atoms with E-state index in [0.29, 0.717) is 0 Å². The first-order valence-electron chi connectivity index (χ1n) is 1.33. The van der Waals surface area contributed by atoms with Crippen molar-refractivity contribution in [1.29, 1.82) is 0 Å². The molecule has 0 fully saturated rings. The van der Waals surface area contributed by atoms with Gasteiger partial charge in [0.25, 0.3) is 0 Å². The van der Waals surface area contributed by atoms with Gasteiger partial charge in [-0.25, -0.2) is 0 Å². The van der Waals surface area contributed by atoms with Crippen LogP contribution in [0.2, 0.25) is 0 Å². The van der Waals surface area contributed by atoms with Crippen LogP contribution in [0.5, 0.6) is 0 Å². The monoisotopic (exact) mass is 334 g/mol. The Labute approximate surface area is 158 Å². The summed E-state index contributed by atoms with van der Waals surface area (Å²) < 4.78 is 68.2. The molecule has 0 rings (SSSR count). The standard InChI is InChI=1S/Mg.2Na.2H2O4S.4H2O/c;;;2*1-5(2,3)4;;;;/h;;;2*(H2,1,2,3,4);4*1H2/q+2;2*+1;;;;;;/p-4. The molecule has 0 atom stereocenters. The van der Waals surface area contributed by atoms with Crippen LogP contribution in [0.1, 0.15) is 0 Å². The van der Waals surface area contributed by atoms with Crippen LogP contribution in [0.15, 0.2) is 0 Å². The Morgan fingerprint density at radius 1 is 0.529 bits per heavy atom. The molecular formula is H8MgNa2O12S2. The Morgan fingerprint density at radius 3 is 0.529 bits per heavy atom. The molecular weight excluding hydrogens is 326 g/mol. The molecule has 0 saturated carbocycles. The molecule has 0 aromatic heterocycles. The summed E-state index contributed by atoms with van der Waals surface area (Å²) in [4.78, 5) is 0. The van der Waals surface area contributed by atoms with Crippen molar-refractivity contribution in [3.63, 3.8) is 0 Å². The summed E-state index contributed by atoms with van der Waals surface area (Å²) in [6.45, 7) is 0. The topological polar surface area (TPSA) is 287 Å². The van der Waals surface area contributed by atoms with E-state index in [2.05, 4.69) is 0 Å². The van der Waals surface area contributed by atoms with Crippen molar-refractivity contribution >= 4 is 43.9 Å². The van der Waals surface area contributed by atoms with Crippen molar-refractivity contribution < 1.29 is 116 Å². The Hall–Kier alpha value is 2.35. The van der Waals surface area contributed by atoms with Gasteiger partial charge in [0.15, 0.2) is 0 Å². The van der Waals surface area contributed by atoms with Crippen LogP contribution in [0, 0.1) is 0 Å². The van der Waals surface area contributed by atoms with E-state index in [4.69, 9.17) is 35.0 Å². The second-order valence-electron chi connectivity index (χ2n) is 0.816. The van der Waals surface area contributed by atoms with Gasteiger partial charge in [-0.1, -0.05) is 0 Å². The second-order valence-corrected chi connectivity index (χ2v) is 2.45. The Morgan fingerprint density at radius 2 is 0.529 bits per heavy atom. The maximum Gasteiger partial charge on any atom is 2.00 e. The van der Waals surface area contributed by atoms with Gasteiger partial charge in [-0.2, -0.15) is 0 Å². The molecule has 0 unspecified atom stereocenters. The van der Waals surface area contributed by atoms with Crippen LogP contribution >= 0.6 is 0 Å². The average Bonchev–Trinajstić information content (AvgIpc) is 1.12. The first-order valence-corrected chi connectivity index (χ1v) is 4.00. The minimum absolute atomic E-state index is 0. The van der Waals surface area contributed by atoms with E-state index in [1.54, 1.807) is 0 Å². The van der Waals surface area contributed by atoms with Crippen molar-refractivity contribution in [2.24, 2.45) is 0 Å². The summed E-state index contributed by atoms with van der Waals surface area (Å²) in [5.41, 5.74) is 0. The Kier molecular flexibility index (Phi) is 96.0. The summed E-state index contributed by atoms with van der Waals surface area (Å²) in [5, 5.41) is 0. The number of hydrogen-bond acceptors (Lipinski definition) is 8. The van der Waals surface area contributed by atoms with E-state index in [1.165, 1.54) is 0 Å². The van der Waals surface area contributed by atoms with E-state index in [1.807, 2.05) is 0 Å². The fourth-order valence-electron chi connectivity index (χ4n) is 0. The van der Waals surface area contributed by atoms with Gasteiger partial charge in [0, 0.05) is 20.8 Å². The number of hydrogen-bond donors (Lipinski definition) is 0. The molecule has 0 saturated heterocycles. The van der Waals surface area contributed by atoms with Gasteiger partial charge in [-0.15, -0.1) is 0 Å². The maximum absolute atomic E-state index is 8.52. The van der Waals surface area contributed by atoms with E-state index in [0.717, 1.165) is 0 Å². The second kappa shape index (κ2) is 26.8. The zero-order chi connectivity index (χ0) is 9.00. The van der Waals surface area contributed by atoms with Crippen molar-refractivity contribution in [1.82, 2.24) is 0 Å². The summed E-state index contributed by atoms with van der Waals surface area (Å²) in [6, 6.07) is 0. The van der Waals surface area contributed by atoms with Gasteiger partial charge in [0.2, 0.25) is 0 Å². The van der Waals surface area contributed by atoms with Crippen LogP contribution in [-0.2, 0) is 20.8 Å². The van der Waals surface area contributed by atoms with Crippen LogP contribution in [-0.4, -0.2) is 80.0 Å². The van der Waals surface area contributed by atoms with Gasteiger partial charge >= 0.3 is 82.2 Å². The Balaban J connectivity index is -0.00000000762. The van der Waals surface area contributed by atoms with Gasteiger partial charge in [0.1, 0.15) is 0 Å². The first-order chi connectivity index (χ1) is 4.00. The molecule has 0 amide bonds. The molecule has 0 heterocycles. The van der Waals surface area contributed by atoms with Crippen LogP contribution < -0.4 is 59.1 Å². The molecule has 0 aromatic rings. The van der Waals surface area contributed by atoms with Crippen LogP contribution in [0.3, 0.4) is 0 Å². The molecule has 17 heavy (non-hydrogen) atoms. The molecule has 0 aromatic carbocycles. The SMILES string of the molecule is O.O.O.O.O=S(=O)([O-])[O-].O=S(=O)([O-])[O-].[Mg+2].[Na+].[Na+]. The van der Waals surface area contributed by atoms with E-state index >= 15 is 0 Å². The molecule has 8 N–H and O–H groups in total. The van der Waals surface area contributed by atoms with E-state index in [9.17, 15) is 0 Å². The third kappa shape index (κ3) is 891. The quantitative estimate of drug-likeness (QED) is 0.232. The molecule has 0 bridgehead atoms. The first kappa shape index (κ1) is 60.8. The zero-order valence-electron chi connectivity index (χ0n) is 8.79. The normalized spacial score (nSPS) is 6.82. The third-order valence-corrected chi connectivity index (χ3v) is 0. The molecule has 0 aliphatic heterocycles. The minimum atomic E-state index is -5.17. The minimum Gasteiger partial charge on any atom is -0.759 e. The molecule has 0 radical (unpaired) electrons.